The Kier molecular flexibility index (Phi) is 19.9. The van der Waals surface area contributed by atoms with E-state index in [1.165, 1.54) is 64.0 Å². The molecule has 1 N–H and O–H groups in total. The SMILES string of the molecule is CCCCCCCCCC/C=C/C=C/C=C/C=C/C(=C\O)SCCC. The predicted molar refractivity (Wildman–Crippen MR) is 117 cm³/mol. The van der Waals surface area contributed by atoms with Crippen LogP contribution in [-0.4, -0.2) is 10.9 Å². The van der Waals surface area contributed by atoms with Gasteiger partial charge in [-0.05, 0) is 31.1 Å². The number of hydrogen-bond acceptors (Lipinski definition) is 2. The van der Waals surface area contributed by atoms with E-state index in [0.29, 0.717) is 0 Å². The normalized spacial score (nSPS) is 13.3. The van der Waals surface area contributed by atoms with Gasteiger partial charge >= 0.3 is 0 Å². The van der Waals surface area contributed by atoms with Gasteiger partial charge in [-0.15, -0.1) is 11.8 Å². The molecule has 0 amide bonds. The van der Waals surface area contributed by atoms with Crippen molar-refractivity contribution in [2.75, 3.05) is 5.75 Å². The van der Waals surface area contributed by atoms with Crippen LogP contribution in [-0.2, 0) is 0 Å². The quantitative estimate of drug-likeness (QED) is 0.169. The van der Waals surface area contributed by atoms with E-state index in [0.717, 1.165) is 17.1 Å². The summed E-state index contributed by atoms with van der Waals surface area (Å²) in [5.41, 5.74) is 0. The van der Waals surface area contributed by atoms with Gasteiger partial charge in [0.2, 0.25) is 0 Å². The van der Waals surface area contributed by atoms with Crippen molar-refractivity contribution in [1.29, 1.82) is 0 Å². The number of unbranched alkanes of at least 4 members (excludes halogenated alkanes) is 8. The van der Waals surface area contributed by atoms with Crippen LogP contribution in [0.25, 0.3) is 0 Å². The second kappa shape index (κ2) is 20.9. The van der Waals surface area contributed by atoms with Crippen LogP contribution < -0.4 is 0 Å². The highest BCUT2D eigenvalue weighted by Crippen LogP contribution is 2.17. The molecule has 1 nitrogen and oxygen atoms in total. The topological polar surface area (TPSA) is 20.2 Å². The average molecular weight is 363 g/mol. The van der Waals surface area contributed by atoms with Gasteiger partial charge in [0, 0.05) is 4.91 Å². The summed E-state index contributed by atoms with van der Waals surface area (Å²) in [5.74, 6) is 1.03. The molecule has 0 aliphatic rings. The molecule has 0 spiro atoms. The van der Waals surface area contributed by atoms with E-state index < -0.39 is 0 Å². The number of rotatable bonds is 16. The number of hydrogen-bond donors (Lipinski definition) is 1. The Balaban J connectivity index is 3.61. The van der Waals surface area contributed by atoms with Crippen LogP contribution >= 0.6 is 11.8 Å². The molecule has 0 atom stereocenters. The zero-order chi connectivity index (χ0) is 18.4. The number of allylic oxidation sites excluding steroid dienone is 8. The Morgan fingerprint density at radius 1 is 0.720 bits per heavy atom. The second-order valence-electron chi connectivity index (χ2n) is 6.20. The third-order valence-electron chi connectivity index (χ3n) is 3.78. The van der Waals surface area contributed by atoms with Gasteiger partial charge in [-0.25, -0.2) is 0 Å². The lowest BCUT2D eigenvalue weighted by Crippen LogP contribution is -1.79. The molecule has 0 unspecified atom stereocenters. The second-order valence-corrected chi connectivity index (χ2v) is 7.37. The Hall–Kier alpha value is -1.15. The van der Waals surface area contributed by atoms with E-state index in [1.807, 2.05) is 30.4 Å². The molecule has 0 aliphatic heterocycles. The van der Waals surface area contributed by atoms with E-state index in [4.69, 9.17) is 5.11 Å². The largest absolute Gasteiger partial charge is 0.514 e. The molecular formula is C23H38OS. The highest BCUT2D eigenvalue weighted by atomic mass is 32.2. The summed E-state index contributed by atoms with van der Waals surface area (Å²) in [7, 11) is 0. The van der Waals surface area contributed by atoms with Crippen molar-refractivity contribution in [3.8, 4) is 0 Å². The van der Waals surface area contributed by atoms with Crippen molar-refractivity contribution in [1.82, 2.24) is 0 Å². The van der Waals surface area contributed by atoms with Crippen LogP contribution in [0.15, 0.2) is 59.8 Å². The smallest absolute Gasteiger partial charge is 0.0927 e. The molecule has 0 rings (SSSR count). The van der Waals surface area contributed by atoms with Gasteiger partial charge in [0.25, 0.3) is 0 Å². The van der Waals surface area contributed by atoms with Crippen LogP contribution in [0.1, 0.15) is 78.1 Å². The zero-order valence-electron chi connectivity index (χ0n) is 16.3. The fourth-order valence-electron chi connectivity index (χ4n) is 2.33. The number of aliphatic hydroxyl groups is 1. The summed E-state index contributed by atoms with van der Waals surface area (Å²) in [5, 5.41) is 9.10. The minimum atomic E-state index is 0.903. The summed E-state index contributed by atoms with van der Waals surface area (Å²) in [6, 6.07) is 0. The molecule has 0 radical (unpaired) electrons. The molecule has 2 heteroatoms. The summed E-state index contributed by atoms with van der Waals surface area (Å²) in [6.07, 6.45) is 30.9. The van der Waals surface area contributed by atoms with Crippen molar-refractivity contribution >= 4 is 11.8 Å². The lowest BCUT2D eigenvalue weighted by atomic mass is 10.1. The van der Waals surface area contributed by atoms with Gasteiger partial charge in [0.1, 0.15) is 0 Å². The van der Waals surface area contributed by atoms with Gasteiger partial charge in [-0.1, -0.05) is 101 Å². The Labute approximate surface area is 160 Å². The third kappa shape index (κ3) is 19.0. The van der Waals surface area contributed by atoms with Crippen LogP contribution in [0.2, 0.25) is 0 Å². The average Bonchev–Trinajstić information content (AvgIpc) is 2.63. The Morgan fingerprint density at radius 3 is 1.96 bits per heavy atom. The van der Waals surface area contributed by atoms with Gasteiger partial charge < -0.3 is 5.11 Å². The predicted octanol–water partition coefficient (Wildman–Crippen LogP) is 8.28. The number of aliphatic hydroxyl groups excluding tert-OH is 1. The first-order valence-electron chi connectivity index (χ1n) is 9.98. The van der Waals surface area contributed by atoms with Crippen molar-refractivity contribution in [3.05, 3.63) is 59.8 Å². The minimum absolute atomic E-state index is 0.903. The maximum absolute atomic E-state index is 9.10. The van der Waals surface area contributed by atoms with Crippen LogP contribution in [0.5, 0.6) is 0 Å². The standard InChI is InChI=1S/C23H38OS/c1-3-5-6-7-8-9-10-11-12-13-14-15-16-17-18-19-20-23(22-24)25-21-4-2/h13-20,22,24H,3-12,21H2,1-2H3/b14-13+,16-15+,18-17+,20-19+,23-22+. The van der Waals surface area contributed by atoms with Crippen molar-refractivity contribution in [3.63, 3.8) is 0 Å². The highest BCUT2D eigenvalue weighted by Gasteiger charge is 1.91. The van der Waals surface area contributed by atoms with Crippen LogP contribution in [0, 0.1) is 0 Å². The Morgan fingerprint density at radius 2 is 1.32 bits per heavy atom. The summed E-state index contributed by atoms with van der Waals surface area (Å²) >= 11 is 1.67. The molecule has 0 saturated carbocycles. The highest BCUT2D eigenvalue weighted by molar-refractivity contribution is 8.03. The molecule has 0 fully saturated rings. The molecule has 0 aliphatic carbocycles. The number of thioether (sulfide) groups is 1. The molecule has 0 saturated heterocycles. The fourth-order valence-corrected chi connectivity index (χ4v) is 3.02. The van der Waals surface area contributed by atoms with Crippen LogP contribution in [0.3, 0.4) is 0 Å². The third-order valence-corrected chi connectivity index (χ3v) is 4.96. The summed E-state index contributed by atoms with van der Waals surface area (Å²) < 4.78 is 0. The molecule has 0 aromatic heterocycles. The van der Waals surface area contributed by atoms with Gasteiger partial charge in [0.05, 0.1) is 6.26 Å². The fraction of sp³-hybridized carbons (Fsp3) is 0.565. The maximum atomic E-state index is 9.10. The van der Waals surface area contributed by atoms with Gasteiger partial charge in [-0.2, -0.15) is 0 Å². The van der Waals surface area contributed by atoms with Crippen LogP contribution in [0.4, 0.5) is 0 Å². The first kappa shape index (κ1) is 23.9. The van der Waals surface area contributed by atoms with E-state index in [1.54, 1.807) is 11.8 Å². The molecule has 0 heterocycles. The van der Waals surface area contributed by atoms with E-state index in [-0.39, 0.29) is 0 Å². The summed E-state index contributed by atoms with van der Waals surface area (Å²) in [6.45, 7) is 4.41. The monoisotopic (exact) mass is 362 g/mol. The van der Waals surface area contributed by atoms with E-state index >= 15 is 0 Å². The molecule has 25 heavy (non-hydrogen) atoms. The van der Waals surface area contributed by atoms with Crippen molar-refractivity contribution < 1.29 is 5.11 Å². The molecule has 0 aromatic carbocycles. The van der Waals surface area contributed by atoms with Gasteiger partial charge in [0.15, 0.2) is 0 Å². The van der Waals surface area contributed by atoms with Crippen molar-refractivity contribution in [2.45, 2.75) is 78.1 Å². The van der Waals surface area contributed by atoms with E-state index in [2.05, 4.69) is 32.1 Å². The maximum Gasteiger partial charge on any atom is 0.0927 e. The first-order chi connectivity index (χ1) is 12.3. The molecule has 0 bridgehead atoms. The molecule has 0 aromatic rings. The molecule has 142 valence electrons. The lowest BCUT2D eigenvalue weighted by Gasteiger charge is -1.99. The minimum Gasteiger partial charge on any atom is -0.514 e. The zero-order valence-corrected chi connectivity index (χ0v) is 17.1. The lowest BCUT2D eigenvalue weighted by molar-refractivity contribution is 0.472. The first-order valence-corrected chi connectivity index (χ1v) is 11.0. The summed E-state index contributed by atoms with van der Waals surface area (Å²) in [4.78, 5) is 0.903. The van der Waals surface area contributed by atoms with Gasteiger partial charge in [-0.3, -0.25) is 0 Å². The van der Waals surface area contributed by atoms with E-state index in [9.17, 15) is 0 Å². The Bertz CT molecular complexity index is 416. The molecular weight excluding hydrogens is 324 g/mol. The van der Waals surface area contributed by atoms with Crippen molar-refractivity contribution in [2.24, 2.45) is 0 Å².